The van der Waals surface area contributed by atoms with Gasteiger partial charge in [-0.05, 0) is 29.7 Å². The minimum Gasteiger partial charge on any atom is -0.462 e. The zero-order valence-electron chi connectivity index (χ0n) is 15.4. The predicted molar refractivity (Wildman–Crippen MR) is 117 cm³/mol. The van der Waals surface area contributed by atoms with Crippen molar-refractivity contribution in [3.8, 4) is 0 Å². The Labute approximate surface area is 161 Å². The molecule has 0 aromatic heterocycles. The van der Waals surface area contributed by atoms with Crippen LogP contribution < -0.4 is 15.9 Å². The lowest BCUT2D eigenvalue weighted by Gasteiger charge is -2.31. The smallest absolute Gasteiger partial charge is 0.339 e. The molecule has 0 radical (unpaired) electrons. The quantitative estimate of drug-likeness (QED) is 0.483. The van der Waals surface area contributed by atoms with Gasteiger partial charge in [-0.2, -0.15) is 0 Å². The summed E-state index contributed by atoms with van der Waals surface area (Å²) in [4.78, 5) is 13.0. The maximum Gasteiger partial charge on any atom is 0.339 e. The minimum absolute atomic E-state index is 0.308. The van der Waals surface area contributed by atoms with Crippen LogP contribution in [0.25, 0.3) is 0 Å². The molecule has 0 saturated heterocycles. The molecule has 0 bridgehead atoms. The molecule has 0 aliphatic heterocycles. The zero-order valence-corrected chi connectivity index (χ0v) is 16.3. The molecule has 0 fully saturated rings. The van der Waals surface area contributed by atoms with E-state index in [1.807, 2.05) is 61.5 Å². The van der Waals surface area contributed by atoms with E-state index in [1.165, 1.54) is 0 Å². The summed E-state index contributed by atoms with van der Waals surface area (Å²) in [5.41, 5.74) is 0. The van der Waals surface area contributed by atoms with E-state index in [0.717, 1.165) is 15.9 Å². The van der Waals surface area contributed by atoms with Gasteiger partial charge in [0.15, 0.2) is 0 Å². The first-order chi connectivity index (χ1) is 13.2. The van der Waals surface area contributed by atoms with E-state index in [1.54, 1.807) is 6.08 Å². The standard InChI is InChI=1S/C24H23O2P/c1-3-23(24(25)26-4-2)27(20-14-8-5-9-15-20,21-16-10-6-11-17-21)22-18-12-7-13-19-22/h3,5-19H,1,4H2,2H3. The molecule has 0 spiro atoms. The Bertz CT molecular complexity index is 858. The Balaban J connectivity index is 2.55. The van der Waals surface area contributed by atoms with Crippen molar-refractivity contribution in [2.75, 3.05) is 6.61 Å². The van der Waals surface area contributed by atoms with E-state index in [4.69, 9.17) is 4.74 Å². The van der Waals surface area contributed by atoms with Crippen molar-refractivity contribution in [2.24, 2.45) is 0 Å². The molecule has 0 unspecified atom stereocenters. The van der Waals surface area contributed by atoms with Gasteiger partial charge in [0.2, 0.25) is 0 Å². The molecule has 2 nitrogen and oxygen atoms in total. The first-order valence-corrected chi connectivity index (χ1v) is 10.8. The maximum atomic E-state index is 13.0. The van der Waals surface area contributed by atoms with Crippen molar-refractivity contribution >= 4 is 34.1 Å². The maximum absolute atomic E-state index is 13.0. The van der Waals surface area contributed by atoms with Gasteiger partial charge in [0.25, 0.3) is 0 Å². The van der Waals surface area contributed by atoms with E-state index in [2.05, 4.69) is 43.0 Å². The fourth-order valence-corrected chi connectivity index (χ4v) is 7.58. The second kappa shape index (κ2) is 8.70. The molecule has 3 rings (SSSR count). The molecule has 0 saturated carbocycles. The second-order valence-electron chi connectivity index (χ2n) is 5.99. The Hall–Kier alpha value is -2.83. The molecule has 0 aliphatic rings. The van der Waals surface area contributed by atoms with E-state index < -0.39 is 6.89 Å². The van der Waals surface area contributed by atoms with Crippen molar-refractivity contribution in [2.45, 2.75) is 6.92 Å². The fourth-order valence-electron chi connectivity index (χ4n) is 3.38. The first kappa shape index (κ1) is 18.9. The average molecular weight is 374 g/mol. The molecule has 0 aliphatic carbocycles. The molecule has 27 heavy (non-hydrogen) atoms. The van der Waals surface area contributed by atoms with E-state index in [0.29, 0.717) is 11.9 Å². The molecule has 0 atom stereocenters. The number of hydrogen-bond acceptors (Lipinski definition) is 2. The highest BCUT2D eigenvalue weighted by atomic mass is 31.2. The molecule has 136 valence electrons. The highest BCUT2D eigenvalue weighted by Crippen LogP contribution is 2.46. The van der Waals surface area contributed by atoms with Crippen LogP contribution in [0.3, 0.4) is 0 Å². The highest BCUT2D eigenvalue weighted by Gasteiger charge is 2.32. The van der Waals surface area contributed by atoms with Crippen LogP contribution in [0.15, 0.2) is 104 Å². The molecule has 3 aromatic carbocycles. The molecule has 3 aromatic rings. The van der Waals surface area contributed by atoms with E-state index in [-0.39, 0.29) is 5.97 Å². The number of ether oxygens (including phenoxy) is 1. The summed E-state index contributed by atoms with van der Waals surface area (Å²) in [6.07, 6.45) is 1.68. The zero-order chi connectivity index (χ0) is 19.1. The molecule has 0 N–H and O–H groups in total. The van der Waals surface area contributed by atoms with Crippen LogP contribution in [-0.2, 0) is 9.53 Å². The van der Waals surface area contributed by atoms with Gasteiger partial charge in [0, 0.05) is 0 Å². The van der Waals surface area contributed by atoms with Gasteiger partial charge in [-0.15, -0.1) is 0 Å². The molecular formula is C24H23O2P. The van der Waals surface area contributed by atoms with Gasteiger partial charge in [-0.1, -0.05) is 104 Å². The molecular weight excluding hydrogens is 351 g/mol. The Morgan fingerprint density at radius 3 is 1.48 bits per heavy atom. The van der Waals surface area contributed by atoms with Gasteiger partial charge in [-0.3, -0.25) is 0 Å². The van der Waals surface area contributed by atoms with Crippen LogP contribution in [0.5, 0.6) is 0 Å². The lowest BCUT2D eigenvalue weighted by molar-refractivity contribution is -0.134. The Kier molecular flexibility index (Phi) is 6.11. The van der Waals surface area contributed by atoms with Gasteiger partial charge in [0.05, 0.1) is 11.9 Å². The van der Waals surface area contributed by atoms with Crippen LogP contribution >= 0.6 is 6.89 Å². The normalized spacial score (nSPS) is 10.9. The molecule has 0 heterocycles. The SMILES string of the molecule is C=CC(C(=O)OCC)=P(c1ccccc1)(c1ccccc1)c1ccccc1. The summed E-state index contributed by atoms with van der Waals surface area (Å²) in [6.45, 7) is 3.73. The molecule has 3 heteroatoms. The summed E-state index contributed by atoms with van der Waals surface area (Å²) in [5.74, 6) is -0.308. The lowest BCUT2D eigenvalue weighted by atomic mass is 10.3. The average Bonchev–Trinajstić information content (AvgIpc) is 2.74. The number of carbonyl (C=O) groups excluding carboxylic acids is 1. The fraction of sp³-hybridized carbons (Fsp3) is 0.0833. The topological polar surface area (TPSA) is 26.3 Å². The third-order valence-corrected chi connectivity index (χ3v) is 8.78. The number of rotatable bonds is 6. The Morgan fingerprint density at radius 2 is 1.19 bits per heavy atom. The second-order valence-corrected chi connectivity index (χ2v) is 9.36. The first-order valence-electron chi connectivity index (χ1n) is 8.98. The minimum atomic E-state index is -2.43. The van der Waals surface area contributed by atoms with Crippen molar-refractivity contribution in [1.82, 2.24) is 0 Å². The summed E-state index contributed by atoms with van der Waals surface area (Å²) in [5, 5.41) is 3.93. The summed E-state index contributed by atoms with van der Waals surface area (Å²) in [7, 11) is 0. The number of hydrogen-bond donors (Lipinski definition) is 0. The van der Waals surface area contributed by atoms with Crippen LogP contribution in [0, 0.1) is 0 Å². The lowest BCUT2D eigenvalue weighted by Crippen LogP contribution is -2.33. The highest BCUT2D eigenvalue weighted by molar-refractivity contribution is 7.96. The predicted octanol–water partition coefficient (Wildman–Crippen LogP) is 3.90. The summed E-state index contributed by atoms with van der Waals surface area (Å²) in [6, 6.07) is 30.6. The van der Waals surface area contributed by atoms with Crippen molar-refractivity contribution in [1.29, 1.82) is 0 Å². The van der Waals surface area contributed by atoms with E-state index >= 15 is 0 Å². The van der Waals surface area contributed by atoms with Crippen LogP contribution in [0.4, 0.5) is 0 Å². The summed E-state index contributed by atoms with van der Waals surface area (Å²) < 4.78 is 5.45. The number of esters is 1. The number of carbonyl (C=O) groups is 1. The van der Waals surface area contributed by atoms with Crippen LogP contribution in [0.2, 0.25) is 0 Å². The van der Waals surface area contributed by atoms with Crippen molar-refractivity contribution < 1.29 is 9.53 Å². The van der Waals surface area contributed by atoms with Gasteiger partial charge >= 0.3 is 5.97 Å². The van der Waals surface area contributed by atoms with Gasteiger partial charge < -0.3 is 4.74 Å². The van der Waals surface area contributed by atoms with Crippen LogP contribution in [-0.4, -0.2) is 17.9 Å². The van der Waals surface area contributed by atoms with Gasteiger partial charge in [0.1, 0.15) is 0 Å². The third kappa shape index (κ3) is 3.54. The van der Waals surface area contributed by atoms with E-state index in [9.17, 15) is 4.79 Å². The van der Waals surface area contributed by atoms with Crippen LogP contribution in [0.1, 0.15) is 6.92 Å². The number of benzene rings is 3. The van der Waals surface area contributed by atoms with Gasteiger partial charge in [-0.25, -0.2) is 4.79 Å². The van der Waals surface area contributed by atoms with Crippen molar-refractivity contribution in [3.05, 3.63) is 104 Å². The third-order valence-electron chi connectivity index (χ3n) is 4.47. The summed E-state index contributed by atoms with van der Waals surface area (Å²) >= 11 is 0. The van der Waals surface area contributed by atoms with Crippen molar-refractivity contribution in [3.63, 3.8) is 0 Å². The molecule has 0 amide bonds. The largest absolute Gasteiger partial charge is 0.462 e. The monoisotopic (exact) mass is 374 g/mol. The Morgan fingerprint density at radius 1 is 0.815 bits per heavy atom.